The van der Waals surface area contributed by atoms with Gasteiger partial charge in [0.05, 0.1) is 6.04 Å². The lowest BCUT2D eigenvalue weighted by Gasteiger charge is -2.23. The van der Waals surface area contributed by atoms with Crippen molar-refractivity contribution in [2.45, 2.75) is 26.5 Å². The summed E-state index contributed by atoms with van der Waals surface area (Å²) in [6, 6.07) is 8.83. The second kappa shape index (κ2) is 11.0. The number of alkyl carbamates (subject to hydrolysis) is 1. The summed E-state index contributed by atoms with van der Waals surface area (Å²) in [5.41, 5.74) is 2.67. The molecule has 0 saturated carbocycles. The molecule has 0 heterocycles. The Kier molecular flexibility index (Phi) is 8.91. The van der Waals surface area contributed by atoms with Crippen LogP contribution in [0.25, 0.3) is 0 Å². The van der Waals surface area contributed by atoms with Crippen molar-refractivity contribution in [3.63, 3.8) is 0 Å². The minimum atomic E-state index is -0.605. The molecule has 0 aromatic heterocycles. The monoisotopic (exact) mass is 337 g/mol. The minimum Gasteiger partial charge on any atom is -0.464 e. The molecule has 0 saturated heterocycles. The van der Waals surface area contributed by atoms with Gasteiger partial charge in [-0.05, 0) is 11.5 Å². The van der Waals surface area contributed by atoms with Crippen LogP contribution < -0.4 is 10.8 Å². The van der Waals surface area contributed by atoms with Crippen molar-refractivity contribution in [1.29, 1.82) is 0 Å². The van der Waals surface area contributed by atoms with Gasteiger partial charge in [0.2, 0.25) is 0 Å². The first-order valence-corrected chi connectivity index (χ1v) is 7.51. The van der Waals surface area contributed by atoms with Gasteiger partial charge in [0.25, 0.3) is 0 Å². The van der Waals surface area contributed by atoms with Crippen LogP contribution in [-0.4, -0.2) is 42.8 Å². The number of amides is 1. The Morgan fingerprint density at radius 2 is 2.00 bits per heavy atom. The quantitative estimate of drug-likeness (QED) is 0.273. The van der Waals surface area contributed by atoms with E-state index in [-0.39, 0.29) is 19.1 Å². The number of nitrogens with zero attached hydrogens (tertiary/aromatic N) is 1. The van der Waals surface area contributed by atoms with E-state index in [0.717, 1.165) is 11.9 Å². The van der Waals surface area contributed by atoms with E-state index in [1.165, 1.54) is 6.92 Å². The number of hydrogen-bond acceptors (Lipinski definition) is 6. The highest BCUT2D eigenvalue weighted by Crippen LogP contribution is 2.07. The average Bonchev–Trinajstić information content (AvgIpc) is 2.57. The topological polar surface area (TPSA) is 109 Å². The van der Waals surface area contributed by atoms with Gasteiger partial charge < -0.3 is 14.8 Å². The summed E-state index contributed by atoms with van der Waals surface area (Å²) in [5, 5.41) is 11.1. The van der Waals surface area contributed by atoms with Crippen LogP contribution in [0.4, 0.5) is 4.79 Å². The second-order valence-electron chi connectivity index (χ2n) is 5.22. The van der Waals surface area contributed by atoms with Gasteiger partial charge in [0.1, 0.15) is 19.6 Å². The zero-order valence-corrected chi connectivity index (χ0v) is 13.8. The lowest BCUT2D eigenvalue weighted by Crippen LogP contribution is -2.44. The van der Waals surface area contributed by atoms with Gasteiger partial charge in [-0.25, -0.2) is 4.79 Å². The predicted molar refractivity (Wildman–Crippen MR) is 87.6 cm³/mol. The van der Waals surface area contributed by atoms with Crippen LogP contribution in [0.15, 0.2) is 35.3 Å². The van der Waals surface area contributed by atoms with E-state index in [0.29, 0.717) is 6.54 Å². The van der Waals surface area contributed by atoms with Crippen molar-refractivity contribution in [1.82, 2.24) is 10.8 Å². The fraction of sp³-hybridized carbons (Fsp3) is 0.438. The molecule has 1 rings (SSSR count). The van der Waals surface area contributed by atoms with Crippen molar-refractivity contribution in [2.24, 2.45) is 10.9 Å². The highest BCUT2D eigenvalue weighted by Gasteiger charge is 2.21. The number of aliphatic imine (C=N–C) groups is 1. The minimum absolute atomic E-state index is 0.0129. The summed E-state index contributed by atoms with van der Waals surface area (Å²) in [6.07, 6.45) is 0.528. The van der Waals surface area contributed by atoms with Crippen LogP contribution in [0.3, 0.4) is 0 Å². The third-order valence-corrected chi connectivity index (χ3v) is 3.21. The van der Waals surface area contributed by atoms with E-state index < -0.39 is 18.1 Å². The number of rotatable bonds is 9. The number of hydrogen-bond donors (Lipinski definition) is 3. The smallest absolute Gasteiger partial charge is 0.407 e. The van der Waals surface area contributed by atoms with Gasteiger partial charge in [-0.2, -0.15) is 0 Å². The Bertz CT molecular complexity index is 536. The molecule has 1 aromatic carbocycles. The number of ether oxygens (including phenoxy) is 2. The van der Waals surface area contributed by atoms with Crippen molar-refractivity contribution in [3.8, 4) is 0 Å². The van der Waals surface area contributed by atoms with E-state index in [4.69, 9.17) is 14.7 Å². The lowest BCUT2D eigenvalue weighted by molar-refractivity contribution is -0.142. The molecule has 1 aromatic rings. The third-order valence-electron chi connectivity index (χ3n) is 3.21. The standard InChI is InChI=1S/C16H23N3O5/c1-12(8-17-11-18-22)15(10-23-13(2)20)19-16(21)24-9-14-6-4-3-5-7-14/h3-7,11-12,15,22H,8-10H2,1-2H3,(H,17,18)(H,19,21). The van der Waals surface area contributed by atoms with E-state index in [9.17, 15) is 9.59 Å². The van der Waals surface area contributed by atoms with Gasteiger partial charge in [-0.15, -0.1) is 0 Å². The Labute approximate surface area is 140 Å². The zero-order chi connectivity index (χ0) is 17.8. The van der Waals surface area contributed by atoms with Crippen molar-refractivity contribution < 1.29 is 24.3 Å². The molecule has 2 unspecified atom stereocenters. The molecule has 24 heavy (non-hydrogen) atoms. The molecule has 0 aliphatic rings. The molecule has 0 bridgehead atoms. The predicted octanol–water partition coefficient (Wildman–Crippen LogP) is 1.49. The van der Waals surface area contributed by atoms with Crippen molar-refractivity contribution >= 4 is 18.4 Å². The summed E-state index contributed by atoms with van der Waals surface area (Å²) in [4.78, 5) is 26.9. The fourth-order valence-electron chi connectivity index (χ4n) is 1.86. The summed E-state index contributed by atoms with van der Waals surface area (Å²) in [7, 11) is 0. The van der Waals surface area contributed by atoms with Crippen LogP contribution in [0, 0.1) is 5.92 Å². The summed E-state index contributed by atoms with van der Waals surface area (Å²) >= 11 is 0. The maximum Gasteiger partial charge on any atom is 0.407 e. The lowest BCUT2D eigenvalue weighted by atomic mass is 10.0. The molecule has 8 heteroatoms. The maximum absolute atomic E-state index is 11.9. The molecule has 0 spiro atoms. The van der Waals surface area contributed by atoms with E-state index >= 15 is 0 Å². The van der Waals surface area contributed by atoms with E-state index in [1.54, 1.807) is 5.48 Å². The van der Waals surface area contributed by atoms with Crippen LogP contribution in [0.2, 0.25) is 0 Å². The number of hydroxylamine groups is 1. The van der Waals surface area contributed by atoms with Crippen LogP contribution in [0.1, 0.15) is 19.4 Å². The van der Waals surface area contributed by atoms with Gasteiger partial charge >= 0.3 is 12.1 Å². The molecule has 3 N–H and O–H groups in total. The first-order valence-electron chi connectivity index (χ1n) is 7.51. The first kappa shape index (κ1) is 19.4. The number of nitrogens with one attached hydrogen (secondary N) is 2. The Morgan fingerprint density at radius 3 is 2.62 bits per heavy atom. The molecule has 0 aliphatic heterocycles. The number of carbonyl (C=O) groups is 2. The van der Waals surface area contributed by atoms with Gasteiger partial charge in [0.15, 0.2) is 0 Å². The molecule has 132 valence electrons. The summed E-state index contributed by atoms with van der Waals surface area (Å²) in [5.74, 6) is -0.578. The molecule has 1 amide bonds. The van der Waals surface area contributed by atoms with Crippen LogP contribution in [0.5, 0.6) is 0 Å². The number of esters is 1. The first-order chi connectivity index (χ1) is 11.5. The largest absolute Gasteiger partial charge is 0.464 e. The van der Waals surface area contributed by atoms with Crippen LogP contribution >= 0.6 is 0 Å². The van der Waals surface area contributed by atoms with Gasteiger partial charge in [0, 0.05) is 13.5 Å². The van der Waals surface area contributed by atoms with Gasteiger partial charge in [-0.3, -0.25) is 20.5 Å². The molecular formula is C16H23N3O5. The normalized spacial score (nSPS) is 13.1. The number of benzene rings is 1. The Morgan fingerprint density at radius 1 is 1.29 bits per heavy atom. The van der Waals surface area contributed by atoms with Crippen molar-refractivity contribution in [2.75, 3.05) is 13.2 Å². The molecular weight excluding hydrogens is 314 g/mol. The molecule has 8 nitrogen and oxygen atoms in total. The van der Waals surface area contributed by atoms with E-state index in [1.807, 2.05) is 37.3 Å². The number of carbonyl (C=O) groups excluding carboxylic acids is 2. The summed E-state index contributed by atoms with van der Waals surface area (Å²) in [6.45, 7) is 3.61. The third kappa shape index (κ3) is 8.14. The molecule has 0 radical (unpaired) electrons. The molecule has 2 atom stereocenters. The Balaban J connectivity index is 2.53. The highest BCUT2D eigenvalue weighted by molar-refractivity contribution is 5.68. The Hall–Kier alpha value is -2.61. The van der Waals surface area contributed by atoms with Gasteiger partial charge in [-0.1, -0.05) is 37.3 Å². The fourth-order valence-corrected chi connectivity index (χ4v) is 1.86. The highest BCUT2D eigenvalue weighted by atomic mass is 16.6. The zero-order valence-electron chi connectivity index (χ0n) is 13.8. The summed E-state index contributed by atoms with van der Waals surface area (Å²) < 4.78 is 10.1. The maximum atomic E-state index is 11.9. The molecule has 0 aliphatic carbocycles. The van der Waals surface area contributed by atoms with E-state index in [2.05, 4.69) is 10.3 Å². The van der Waals surface area contributed by atoms with Crippen molar-refractivity contribution in [3.05, 3.63) is 35.9 Å². The molecule has 0 fully saturated rings. The SMILES string of the molecule is CC(=O)OCC(NC(=O)OCc1ccccc1)C(C)CN=CNO. The second-order valence-corrected chi connectivity index (χ2v) is 5.22. The average molecular weight is 337 g/mol. The van der Waals surface area contributed by atoms with Crippen LogP contribution in [-0.2, 0) is 20.9 Å².